The van der Waals surface area contributed by atoms with Crippen LogP contribution in [0.15, 0.2) is 59.6 Å². The van der Waals surface area contributed by atoms with E-state index in [4.69, 9.17) is 4.42 Å². The van der Waals surface area contributed by atoms with Crippen LogP contribution in [0.2, 0.25) is 0 Å². The summed E-state index contributed by atoms with van der Waals surface area (Å²) in [4.78, 5) is 11.6. The predicted molar refractivity (Wildman–Crippen MR) is 81.6 cm³/mol. The van der Waals surface area contributed by atoms with Crippen LogP contribution >= 0.6 is 0 Å². The summed E-state index contributed by atoms with van der Waals surface area (Å²) in [5, 5.41) is 0.945. The van der Waals surface area contributed by atoms with Gasteiger partial charge in [0.1, 0.15) is 5.58 Å². The van der Waals surface area contributed by atoms with E-state index in [1.807, 2.05) is 12.1 Å². The summed E-state index contributed by atoms with van der Waals surface area (Å²) in [5.41, 5.74) is 3.11. The average molecular weight is 264 g/mol. The zero-order chi connectivity index (χ0) is 14.1. The third-order valence-electron chi connectivity index (χ3n) is 3.59. The third kappa shape index (κ3) is 2.25. The first-order valence-corrected chi connectivity index (χ1v) is 6.76. The van der Waals surface area contributed by atoms with Crippen LogP contribution in [0.25, 0.3) is 16.5 Å². The molecular weight excluding hydrogens is 248 g/mol. The molecule has 2 nitrogen and oxygen atoms in total. The zero-order valence-electron chi connectivity index (χ0n) is 11.4. The van der Waals surface area contributed by atoms with Gasteiger partial charge in [-0.05, 0) is 47.8 Å². The van der Waals surface area contributed by atoms with Crippen LogP contribution in [0.3, 0.4) is 0 Å². The molecule has 0 fully saturated rings. The number of furan rings is 1. The molecule has 3 rings (SSSR count). The Labute approximate surface area is 118 Å². The monoisotopic (exact) mass is 264 g/mol. The molecule has 1 aromatic carbocycles. The molecule has 0 N–H and O–H groups in total. The summed E-state index contributed by atoms with van der Waals surface area (Å²) in [5.74, 6) is 0.760. The molecule has 1 atom stereocenters. The van der Waals surface area contributed by atoms with E-state index >= 15 is 0 Å². The highest BCUT2D eigenvalue weighted by Crippen LogP contribution is 2.28. The van der Waals surface area contributed by atoms with E-state index in [0.29, 0.717) is 11.7 Å². The molecule has 0 bridgehead atoms. The van der Waals surface area contributed by atoms with Gasteiger partial charge in [-0.3, -0.25) is 4.79 Å². The van der Waals surface area contributed by atoms with Crippen LogP contribution in [0, 0.1) is 5.92 Å². The summed E-state index contributed by atoms with van der Waals surface area (Å²) >= 11 is 0. The molecule has 0 saturated heterocycles. The van der Waals surface area contributed by atoms with Crippen LogP contribution in [0.1, 0.15) is 29.5 Å². The van der Waals surface area contributed by atoms with Crippen LogP contribution in [-0.2, 0) is 0 Å². The minimum atomic E-state index is -0.187. The summed E-state index contributed by atoms with van der Waals surface area (Å²) in [6.07, 6.45) is 8.97. The van der Waals surface area contributed by atoms with Gasteiger partial charge in [-0.25, -0.2) is 0 Å². The molecular formula is C18H16O2. The Morgan fingerprint density at radius 1 is 1.40 bits per heavy atom. The largest absolute Gasteiger partial charge is 0.453 e. The minimum absolute atomic E-state index is 0.187. The smallest absolute Gasteiger partial charge is 0.220 e. The summed E-state index contributed by atoms with van der Waals surface area (Å²) in [7, 11) is 0. The molecule has 1 unspecified atom stereocenters. The number of carbonyl (C=O) groups excluding carboxylic acids is 1. The Morgan fingerprint density at radius 2 is 2.25 bits per heavy atom. The Hall–Kier alpha value is -2.35. The van der Waals surface area contributed by atoms with Gasteiger partial charge in [-0.15, -0.1) is 0 Å². The van der Waals surface area contributed by atoms with Crippen molar-refractivity contribution < 1.29 is 9.21 Å². The van der Waals surface area contributed by atoms with Gasteiger partial charge in [0, 0.05) is 5.39 Å². The minimum Gasteiger partial charge on any atom is -0.453 e. The molecule has 0 saturated carbocycles. The first-order valence-electron chi connectivity index (χ1n) is 6.76. The van der Waals surface area contributed by atoms with Crippen molar-refractivity contribution in [3.05, 3.63) is 66.5 Å². The fourth-order valence-corrected chi connectivity index (χ4v) is 2.39. The molecule has 0 radical (unpaired) electrons. The Bertz CT molecular complexity index is 744. The topological polar surface area (TPSA) is 30.2 Å². The van der Waals surface area contributed by atoms with Gasteiger partial charge in [0.25, 0.3) is 0 Å². The highest BCUT2D eigenvalue weighted by molar-refractivity contribution is 6.04. The number of rotatable bonds is 3. The first kappa shape index (κ1) is 12.7. The lowest BCUT2D eigenvalue weighted by atomic mass is 9.94. The van der Waals surface area contributed by atoms with Crippen molar-refractivity contribution in [1.82, 2.24) is 0 Å². The Balaban J connectivity index is 2.01. The lowest BCUT2D eigenvalue weighted by molar-refractivity contribution is 0.102. The van der Waals surface area contributed by atoms with Crippen molar-refractivity contribution in [2.24, 2.45) is 5.92 Å². The molecule has 0 aliphatic heterocycles. The van der Waals surface area contributed by atoms with Crippen molar-refractivity contribution in [3.8, 4) is 0 Å². The van der Waals surface area contributed by atoms with E-state index in [1.165, 1.54) is 11.6 Å². The van der Waals surface area contributed by atoms with Gasteiger partial charge in [0.2, 0.25) is 5.78 Å². The molecule has 1 aliphatic carbocycles. The van der Waals surface area contributed by atoms with E-state index < -0.39 is 0 Å². The highest BCUT2D eigenvalue weighted by atomic mass is 16.3. The molecule has 1 aromatic heterocycles. The van der Waals surface area contributed by atoms with E-state index in [1.54, 1.807) is 6.07 Å². The molecule has 1 heterocycles. The molecule has 2 aromatic rings. The SMILES string of the molecule is C=CC(=O)c1cc2cc(C3=CCC(C)C=C3)ccc2o1. The molecule has 0 spiro atoms. The van der Waals surface area contributed by atoms with Crippen LogP contribution < -0.4 is 0 Å². The van der Waals surface area contributed by atoms with Crippen molar-refractivity contribution in [3.63, 3.8) is 0 Å². The molecule has 2 heteroatoms. The van der Waals surface area contributed by atoms with Gasteiger partial charge in [0.15, 0.2) is 5.76 Å². The maximum Gasteiger partial charge on any atom is 0.220 e. The first-order chi connectivity index (χ1) is 9.67. The van der Waals surface area contributed by atoms with Crippen molar-refractivity contribution >= 4 is 22.3 Å². The summed E-state index contributed by atoms with van der Waals surface area (Å²) in [6, 6.07) is 7.78. The molecule has 100 valence electrons. The lowest BCUT2D eigenvalue weighted by Crippen LogP contribution is -1.93. The van der Waals surface area contributed by atoms with Crippen molar-refractivity contribution in [2.45, 2.75) is 13.3 Å². The lowest BCUT2D eigenvalue weighted by Gasteiger charge is -2.11. The third-order valence-corrected chi connectivity index (χ3v) is 3.59. The number of allylic oxidation sites excluding steroid dienone is 5. The van der Waals surface area contributed by atoms with E-state index in [-0.39, 0.29) is 5.78 Å². The molecule has 20 heavy (non-hydrogen) atoms. The van der Waals surface area contributed by atoms with Crippen molar-refractivity contribution in [2.75, 3.05) is 0 Å². The normalized spacial score (nSPS) is 18.1. The van der Waals surface area contributed by atoms with Gasteiger partial charge >= 0.3 is 0 Å². The number of carbonyl (C=O) groups is 1. The second-order valence-electron chi connectivity index (χ2n) is 5.16. The Kier molecular flexibility index (Phi) is 3.15. The van der Waals surface area contributed by atoms with E-state index in [0.717, 1.165) is 23.0 Å². The number of benzene rings is 1. The number of hydrogen-bond donors (Lipinski definition) is 0. The quantitative estimate of drug-likeness (QED) is 0.590. The van der Waals surface area contributed by atoms with Gasteiger partial charge < -0.3 is 4.42 Å². The Morgan fingerprint density at radius 3 is 2.95 bits per heavy atom. The summed E-state index contributed by atoms with van der Waals surface area (Å²) in [6.45, 7) is 5.68. The van der Waals surface area contributed by atoms with Crippen LogP contribution in [0.5, 0.6) is 0 Å². The van der Waals surface area contributed by atoms with Crippen LogP contribution in [0.4, 0.5) is 0 Å². The fourth-order valence-electron chi connectivity index (χ4n) is 2.39. The average Bonchev–Trinajstić information content (AvgIpc) is 2.90. The number of ketones is 1. The van der Waals surface area contributed by atoms with Gasteiger partial charge in [-0.1, -0.05) is 37.8 Å². The van der Waals surface area contributed by atoms with E-state index in [2.05, 4.69) is 37.8 Å². The molecule has 1 aliphatic rings. The fraction of sp³-hybridized carbons (Fsp3) is 0.167. The summed E-state index contributed by atoms with van der Waals surface area (Å²) < 4.78 is 5.52. The second-order valence-corrected chi connectivity index (χ2v) is 5.16. The van der Waals surface area contributed by atoms with Gasteiger partial charge in [0.05, 0.1) is 0 Å². The highest BCUT2D eigenvalue weighted by Gasteiger charge is 2.11. The second kappa shape index (κ2) is 4.97. The number of hydrogen-bond acceptors (Lipinski definition) is 2. The number of fused-ring (bicyclic) bond motifs is 1. The van der Waals surface area contributed by atoms with Crippen LogP contribution in [-0.4, -0.2) is 5.78 Å². The zero-order valence-corrected chi connectivity index (χ0v) is 11.4. The predicted octanol–water partition coefficient (Wildman–Crippen LogP) is 4.78. The maximum absolute atomic E-state index is 11.6. The standard InChI is InChI=1S/C18H16O2/c1-3-16(19)18-11-15-10-14(8-9-17(15)20-18)13-6-4-12(2)5-7-13/h3-4,6-12H,1,5H2,2H3. The van der Waals surface area contributed by atoms with Gasteiger partial charge in [-0.2, -0.15) is 0 Å². The van der Waals surface area contributed by atoms with Crippen molar-refractivity contribution in [1.29, 1.82) is 0 Å². The van der Waals surface area contributed by atoms with E-state index in [9.17, 15) is 4.79 Å². The maximum atomic E-state index is 11.6. The molecule has 0 amide bonds.